The minimum Gasteiger partial charge on any atom is -0.347 e. The number of benzene rings is 1. The number of nitrogens with zero attached hydrogens (tertiary/aromatic N) is 2. The van der Waals surface area contributed by atoms with Gasteiger partial charge in [0.15, 0.2) is 5.78 Å². The van der Waals surface area contributed by atoms with Crippen molar-refractivity contribution in [1.29, 1.82) is 0 Å². The zero-order valence-electron chi connectivity index (χ0n) is 17.4. The molecule has 1 amide bonds. The average molecular weight is 452 g/mol. The van der Waals surface area contributed by atoms with Crippen LogP contribution in [0.5, 0.6) is 0 Å². The second kappa shape index (κ2) is 8.65. The zero-order valence-corrected chi connectivity index (χ0v) is 19.0. The topological polar surface area (TPSA) is 52.7 Å². The van der Waals surface area contributed by atoms with Crippen LogP contribution in [0.2, 0.25) is 0 Å². The van der Waals surface area contributed by atoms with Gasteiger partial charge in [-0.2, -0.15) is 0 Å². The number of hydrogen-bond donors (Lipinski definition) is 1. The lowest BCUT2D eigenvalue weighted by atomic mass is 10.1. The Morgan fingerprint density at radius 2 is 1.94 bits per heavy atom. The number of amides is 1. The molecule has 0 radical (unpaired) electrons. The van der Waals surface area contributed by atoms with Crippen molar-refractivity contribution in [2.24, 2.45) is 0 Å². The van der Waals surface area contributed by atoms with E-state index >= 15 is 0 Å². The Bertz CT molecular complexity index is 1080. The molecule has 0 atom stereocenters. The number of likely N-dealkylation sites (tertiary alicyclic amines) is 1. The van der Waals surface area contributed by atoms with Gasteiger partial charge in [-0.1, -0.05) is 18.3 Å². The van der Waals surface area contributed by atoms with E-state index in [9.17, 15) is 9.59 Å². The number of fused-ring (bicyclic) bond motifs is 1. The summed E-state index contributed by atoms with van der Waals surface area (Å²) in [5, 5.41) is 2.98. The molecule has 1 aromatic heterocycles. The van der Waals surface area contributed by atoms with E-state index in [4.69, 9.17) is 12.2 Å². The monoisotopic (exact) mass is 451 g/mol. The fourth-order valence-electron chi connectivity index (χ4n) is 4.56. The summed E-state index contributed by atoms with van der Waals surface area (Å²) >= 11 is 6.72. The molecule has 0 spiro atoms. The van der Waals surface area contributed by atoms with E-state index in [1.807, 2.05) is 29.2 Å². The number of ketones is 1. The van der Waals surface area contributed by atoms with E-state index in [2.05, 4.69) is 22.3 Å². The molecule has 31 heavy (non-hydrogen) atoms. The highest BCUT2D eigenvalue weighted by Crippen LogP contribution is 2.33. The largest absolute Gasteiger partial charge is 0.347 e. The van der Waals surface area contributed by atoms with Gasteiger partial charge >= 0.3 is 0 Å². The molecule has 1 aromatic carbocycles. The SMILES string of the molecule is O=C1CC(=S)N/C1=C/c1ccc(-c2ccc3c(c2)CN(CCCN2CCCC2)C3=O)s1. The number of thiocarbonyl (C=S) groups is 1. The maximum absolute atomic E-state index is 12.8. The van der Waals surface area contributed by atoms with Gasteiger partial charge in [-0.25, -0.2) is 0 Å². The van der Waals surface area contributed by atoms with Crippen molar-refractivity contribution in [3.05, 3.63) is 52.0 Å². The van der Waals surface area contributed by atoms with Crippen LogP contribution in [0.4, 0.5) is 0 Å². The van der Waals surface area contributed by atoms with Crippen molar-refractivity contribution in [2.45, 2.75) is 32.2 Å². The van der Waals surface area contributed by atoms with Gasteiger partial charge < -0.3 is 15.1 Å². The molecule has 2 saturated heterocycles. The minimum atomic E-state index is 0.0424. The smallest absolute Gasteiger partial charge is 0.254 e. The molecule has 0 saturated carbocycles. The highest BCUT2D eigenvalue weighted by molar-refractivity contribution is 7.80. The number of nitrogens with one attached hydrogen (secondary N) is 1. The summed E-state index contributed by atoms with van der Waals surface area (Å²) in [5.74, 6) is 0.196. The fraction of sp³-hybridized carbons (Fsp3) is 0.375. The van der Waals surface area contributed by atoms with Crippen LogP contribution < -0.4 is 5.32 Å². The van der Waals surface area contributed by atoms with Crippen molar-refractivity contribution in [1.82, 2.24) is 15.1 Å². The van der Waals surface area contributed by atoms with Crippen molar-refractivity contribution in [3.63, 3.8) is 0 Å². The van der Waals surface area contributed by atoms with E-state index in [0.29, 0.717) is 23.7 Å². The quantitative estimate of drug-likeness (QED) is 0.530. The third kappa shape index (κ3) is 4.35. The Hall–Kier alpha value is -2.35. The Morgan fingerprint density at radius 1 is 1.10 bits per heavy atom. The van der Waals surface area contributed by atoms with Crippen molar-refractivity contribution >= 4 is 46.3 Å². The number of carbonyl (C=O) groups is 2. The first kappa shape index (κ1) is 20.5. The molecule has 3 aliphatic heterocycles. The predicted molar refractivity (Wildman–Crippen MR) is 128 cm³/mol. The molecular formula is C24H25N3O2S2. The molecule has 5 nitrogen and oxygen atoms in total. The van der Waals surface area contributed by atoms with Crippen LogP contribution in [0.1, 0.15) is 46.5 Å². The molecule has 7 heteroatoms. The van der Waals surface area contributed by atoms with Crippen molar-refractivity contribution in [2.75, 3.05) is 26.2 Å². The molecule has 0 unspecified atom stereocenters. The first-order valence-electron chi connectivity index (χ1n) is 10.9. The molecule has 2 fully saturated rings. The Balaban J connectivity index is 1.26. The molecular weight excluding hydrogens is 426 g/mol. The number of Topliss-reactive ketones (excluding diaryl/α,β-unsaturated/α-hetero) is 1. The van der Waals surface area contributed by atoms with E-state index in [-0.39, 0.29) is 11.7 Å². The molecule has 2 aromatic rings. The zero-order chi connectivity index (χ0) is 21.4. The second-order valence-electron chi connectivity index (χ2n) is 8.41. The summed E-state index contributed by atoms with van der Waals surface area (Å²) in [4.78, 5) is 31.9. The summed E-state index contributed by atoms with van der Waals surface area (Å²) < 4.78 is 0. The maximum atomic E-state index is 12.8. The van der Waals surface area contributed by atoms with Crippen LogP contribution in [0.25, 0.3) is 16.5 Å². The number of hydrogen-bond acceptors (Lipinski definition) is 5. The van der Waals surface area contributed by atoms with E-state index in [1.54, 1.807) is 11.3 Å². The summed E-state index contributed by atoms with van der Waals surface area (Å²) in [6, 6.07) is 10.2. The number of thiophene rings is 1. The third-order valence-electron chi connectivity index (χ3n) is 6.18. The molecule has 1 N–H and O–H groups in total. The van der Waals surface area contributed by atoms with Crippen molar-refractivity contribution in [3.8, 4) is 10.4 Å². The van der Waals surface area contributed by atoms with Crippen LogP contribution in [-0.4, -0.2) is 52.7 Å². The molecule has 5 rings (SSSR count). The normalized spacial score (nSPS) is 20.2. The van der Waals surface area contributed by atoms with Crippen LogP contribution in [0, 0.1) is 0 Å². The van der Waals surface area contributed by atoms with Crippen LogP contribution >= 0.6 is 23.6 Å². The van der Waals surface area contributed by atoms with Gasteiger partial charge in [0.25, 0.3) is 5.91 Å². The average Bonchev–Trinajstić information content (AvgIpc) is 3.53. The van der Waals surface area contributed by atoms with Gasteiger partial charge in [0, 0.05) is 28.4 Å². The minimum absolute atomic E-state index is 0.0424. The number of rotatable bonds is 6. The maximum Gasteiger partial charge on any atom is 0.254 e. The predicted octanol–water partition coefficient (Wildman–Crippen LogP) is 4.09. The fourth-order valence-corrected chi connectivity index (χ4v) is 5.74. The Morgan fingerprint density at radius 3 is 2.71 bits per heavy atom. The molecule has 3 aliphatic rings. The van der Waals surface area contributed by atoms with Crippen molar-refractivity contribution < 1.29 is 9.59 Å². The molecule has 4 heterocycles. The van der Waals surface area contributed by atoms with Gasteiger partial charge in [-0.15, -0.1) is 11.3 Å². The number of allylic oxidation sites excluding steroid dienone is 1. The summed E-state index contributed by atoms with van der Waals surface area (Å²) in [6.45, 7) is 5.00. The molecule has 160 valence electrons. The van der Waals surface area contributed by atoms with E-state index in [1.165, 1.54) is 25.9 Å². The Kier molecular flexibility index (Phi) is 5.73. The van der Waals surface area contributed by atoms with Gasteiger partial charge in [0.2, 0.25) is 0 Å². The standard InChI is InChI=1S/C24H25N3O2S2/c28-21-14-23(30)25-20(21)13-18-5-7-22(31-18)16-4-6-19-17(12-16)15-27(24(19)29)11-3-10-26-8-1-2-9-26/h4-7,12-13H,1-3,8-11,14-15H2,(H,25,30)/b20-13+. The summed E-state index contributed by atoms with van der Waals surface area (Å²) in [6.07, 6.45) is 5.81. The van der Waals surface area contributed by atoms with E-state index in [0.717, 1.165) is 46.0 Å². The summed E-state index contributed by atoms with van der Waals surface area (Å²) in [7, 11) is 0. The lowest BCUT2D eigenvalue weighted by Crippen LogP contribution is -2.29. The lowest BCUT2D eigenvalue weighted by molar-refractivity contribution is -0.114. The van der Waals surface area contributed by atoms with E-state index < -0.39 is 0 Å². The Labute approximate surface area is 191 Å². The highest BCUT2D eigenvalue weighted by atomic mass is 32.1. The van der Waals surface area contributed by atoms with Crippen LogP contribution in [0.3, 0.4) is 0 Å². The van der Waals surface area contributed by atoms with Crippen LogP contribution in [0.15, 0.2) is 36.0 Å². The second-order valence-corrected chi connectivity index (χ2v) is 10.0. The van der Waals surface area contributed by atoms with Gasteiger partial charge in [0.1, 0.15) is 0 Å². The highest BCUT2D eigenvalue weighted by Gasteiger charge is 2.27. The number of carbonyl (C=O) groups excluding carboxylic acids is 2. The van der Waals surface area contributed by atoms with Gasteiger partial charge in [0.05, 0.1) is 17.1 Å². The molecule has 0 aliphatic carbocycles. The summed E-state index contributed by atoms with van der Waals surface area (Å²) in [5.41, 5.74) is 3.62. The first-order chi connectivity index (χ1) is 15.1. The molecule has 0 bridgehead atoms. The van der Waals surface area contributed by atoms with Gasteiger partial charge in [-0.05, 0) is 80.4 Å². The van der Waals surface area contributed by atoms with Gasteiger partial charge in [-0.3, -0.25) is 9.59 Å². The van der Waals surface area contributed by atoms with Crippen LogP contribution in [-0.2, 0) is 11.3 Å². The third-order valence-corrected chi connectivity index (χ3v) is 7.51. The lowest BCUT2D eigenvalue weighted by Gasteiger charge is -2.19. The first-order valence-corrected chi connectivity index (χ1v) is 12.1.